The zero-order valence-electron chi connectivity index (χ0n) is 46.0. The van der Waals surface area contributed by atoms with Crippen LogP contribution in [0.15, 0.2) is 146 Å². The fourth-order valence-corrected chi connectivity index (χ4v) is 14.1. The molecule has 3 aliphatic rings. The first kappa shape index (κ1) is 50.1. The summed E-state index contributed by atoms with van der Waals surface area (Å²) in [6.07, 6.45) is 15.2. The van der Waals surface area contributed by atoms with E-state index in [4.69, 9.17) is 0 Å². The van der Waals surface area contributed by atoms with Crippen LogP contribution in [0.4, 0.5) is 51.2 Å². The largest absolute Gasteiger partial charge is 0.311 e. The molecule has 1 atom stereocenters. The van der Waals surface area contributed by atoms with Crippen LogP contribution in [0.3, 0.4) is 0 Å². The number of benzene rings is 7. The Hall–Kier alpha value is -6.04. The second kappa shape index (κ2) is 20.6. The Labute approximate surface area is 448 Å². The van der Waals surface area contributed by atoms with E-state index in [1.54, 1.807) is 0 Å². The molecule has 378 valence electrons. The third kappa shape index (κ3) is 9.09. The van der Waals surface area contributed by atoms with Crippen molar-refractivity contribution >= 4 is 95.0 Å². The molecule has 1 unspecified atom stereocenters. The van der Waals surface area contributed by atoms with Gasteiger partial charge in [0.15, 0.2) is 0 Å². The molecule has 3 heterocycles. The molecule has 0 radical (unpaired) electrons. The van der Waals surface area contributed by atoms with E-state index in [1.807, 2.05) is 11.3 Å². The van der Waals surface area contributed by atoms with Crippen molar-refractivity contribution in [1.29, 1.82) is 0 Å². The molecule has 1 aliphatic carbocycles. The summed E-state index contributed by atoms with van der Waals surface area (Å²) < 4.78 is 2.80. The number of unbranched alkanes of at least 4 members (excludes halogenated alkanes) is 3. The van der Waals surface area contributed by atoms with Crippen molar-refractivity contribution < 1.29 is 0 Å². The zero-order valence-corrected chi connectivity index (χ0v) is 46.8. The van der Waals surface area contributed by atoms with Gasteiger partial charge in [0.1, 0.15) is 0 Å². The lowest BCUT2D eigenvalue weighted by Crippen LogP contribution is -2.60. The fraction of sp³-hybridized carbons (Fsp3) is 0.362. The number of rotatable bonds is 17. The lowest BCUT2D eigenvalue weighted by atomic mass is 9.36. The summed E-state index contributed by atoms with van der Waals surface area (Å²) in [5.41, 5.74) is 22.7. The number of anilines is 9. The maximum absolute atomic E-state index is 2.69. The molecule has 74 heavy (non-hydrogen) atoms. The molecule has 1 aromatic heterocycles. The molecule has 5 heteroatoms. The highest BCUT2D eigenvalue weighted by Crippen LogP contribution is 2.52. The van der Waals surface area contributed by atoms with Crippen LogP contribution in [-0.4, -0.2) is 6.71 Å². The molecule has 0 saturated heterocycles. The van der Waals surface area contributed by atoms with Crippen molar-refractivity contribution in [3.63, 3.8) is 0 Å². The average Bonchev–Trinajstić information content (AvgIpc) is 3.83. The minimum Gasteiger partial charge on any atom is -0.311 e. The Morgan fingerprint density at radius 2 is 1.09 bits per heavy atom. The number of hydrogen-bond donors (Lipinski definition) is 0. The van der Waals surface area contributed by atoms with Gasteiger partial charge in [0.25, 0.3) is 6.71 Å². The van der Waals surface area contributed by atoms with Crippen LogP contribution in [0.5, 0.6) is 0 Å². The summed E-state index contributed by atoms with van der Waals surface area (Å²) in [7, 11) is 0. The number of hydrogen-bond acceptors (Lipinski definition) is 4. The molecule has 8 aromatic rings. The molecule has 2 aliphatic heterocycles. The Kier molecular flexibility index (Phi) is 14.0. The number of fused-ring (bicyclic) bond motifs is 7. The van der Waals surface area contributed by atoms with E-state index in [0.717, 1.165) is 19.3 Å². The van der Waals surface area contributed by atoms with Crippen LogP contribution < -0.4 is 30.4 Å². The van der Waals surface area contributed by atoms with Gasteiger partial charge in [-0.25, -0.2) is 0 Å². The van der Waals surface area contributed by atoms with Crippen molar-refractivity contribution in [3.8, 4) is 0 Å². The van der Waals surface area contributed by atoms with Gasteiger partial charge in [0.2, 0.25) is 0 Å². The molecule has 11 rings (SSSR count). The third-order valence-corrected chi connectivity index (χ3v) is 18.5. The number of aryl methyl sites for hydroxylation is 3. The lowest BCUT2D eigenvalue weighted by Gasteiger charge is -2.45. The van der Waals surface area contributed by atoms with Crippen molar-refractivity contribution in [2.75, 3.05) is 14.7 Å². The van der Waals surface area contributed by atoms with Crippen LogP contribution in [0.2, 0.25) is 0 Å². The van der Waals surface area contributed by atoms with Gasteiger partial charge in [-0.15, -0.1) is 11.3 Å². The molecule has 7 aromatic carbocycles. The fourth-order valence-electron chi connectivity index (χ4n) is 12.8. The molecule has 0 spiro atoms. The average molecular weight is 992 g/mol. The predicted molar refractivity (Wildman–Crippen MR) is 325 cm³/mol. The summed E-state index contributed by atoms with van der Waals surface area (Å²) in [6, 6.07) is 57.9. The minimum atomic E-state index is 0.0441. The van der Waals surface area contributed by atoms with Gasteiger partial charge in [-0.1, -0.05) is 149 Å². The summed E-state index contributed by atoms with van der Waals surface area (Å²) in [5.74, 6) is 0.487. The van der Waals surface area contributed by atoms with Crippen LogP contribution in [0.1, 0.15) is 166 Å². The van der Waals surface area contributed by atoms with E-state index in [0.29, 0.717) is 5.92 Å². The highest BCUT2D eigenvalue weighted by molar-refractivity contribution is 7.33. The summed E-state index contributed by atoms with van der Waals surface area (Å²) in [5, 5.41) is 1.37. The third-order valence-electron chi connectivity index (χ3n) is 17.3. The normalized spacial score (nSPS) is 15.4. The first-order valence-corrected chi connectivity index (χ1v) is 29.4. The van der Waals surface area contributed by atoms with Crippen molar-refractivity contribution in [1.82, 2.24) is 0 Å². The predicted octanol–water partition coefficient (Wildman–Crippen LogP) is 18.7. The van der Waals surface area contributed by atoms with Gasteiger partial charge >= 0.3 is 0 Å². The Bertz CT molecular complexity index is 3240. The highest BCUT2D eigenvalue weighted by atomic mass is 32.1. The highest BCUT2D eigenvalue weighted by Gasteiger charge is 2.46. The van der Waals surface area contributed by atoms with Gasteiger partial charge in [-0.3, -0.25) is 0 Å². The Morgan fingerprint density at radius 1 is 0.541 bits per heavy atom. The quantitative estimate of drug-likeness (QED) is 0.0842. The van der Waals surface area contributed by atoms with Crippen molar-refractivity contribution in [2.24, 2.45) is 0 Å². The van der Waals surface area contributed by atoms with Gasteiger partial charge in [-0.2, -0.15) is 0 Å². The van der Waals surface area contributed by atoms with E-state index < -0.39 is 0 Å². The first-order valence-electron chi connectivity index (χ1n) is 28.6. The van der Waals surface area contributed by atoms with Crippen molar-refractivity contribution in [2.45, 2.75) is 163 Å². The second-order valence-corrected chi connectivity index (χ2v) is 24.5. The van der Waals surface area contributed by atoms with E-state index in [9.17, 15) is 0 Å². The maximum atomic E-state index is 2.69. The molecule has 0 N–H and O–H groups in total. The van der Waals surface area contributed by atoms with Gasteiger partial charge in [-0.05, 0) is 204 Å². The number of nitrogens with zero attached hydrogens (tertiary/aromatic N) is 3. The Balaban J connectivity index is 1.15. The van der Waals surface area contributed by atoms with Crippen molar-refractivity contribution in [3.05, 3.63) is 179 Å². The minimum absolute atomic E-state index is 0.0441. The molecule has 0 amide bonds. The molecule has 0 fully saturated rings. The van der Waals surface area contributed by atoms with Gasteiger partial charge < -0.3 is 14.7 Å². The molecule has 0 bridgehead atoms. The van der Waals surface area contributed by atoms with Crippen LogP contribution in [0.25, 0.3) is 10.1 Å². The summed E-state index contributed by atoms with van der Waals surface area (Å²) in [6.45, 7) is 21.5. The monoisotopic (exact) mass is 992 g/mol. The molecular formula is C69H78BN3S. The van der Waals surface area contributed by atoms with E-state index in [1.165, 1.54) is 175 Å². The van der Waals surface area contributed by atoms with Crippen LogP contribution >= 0.6 is 11.3 Å². The summed E-state index contributed by atoms with van der Waals surface area (Å²) in [4.78, 5) is 7.80. The van der Waals surface area contributed by atoms with E-state index in [2.05, 4.69) is 223 Å². The standard InChI is InChI=1S/C69H78BN3S/c1-10-14-19-48-24-31-52(32-25-48)71(53-33-26-49(27-34-53)20-15-11-2)56-38-40-60-63(46-56)72(54-35-28-50(29-36-54)21-16-12-3)61-22-17-23-62-65(61)70(60)67-66(57-44-51(47(5)18-13-4)30-41-64(57)74-67)73(62)55-37-39-58-59(45-55)69(8,9)43-42-68(58,6)7/h17,22-41,44-47H,10-16,18-21,42-43H2,1-9H3. The maximum Gasteiger partial charge on any atom is 0.264 e. The Morgan fingerprint density at radius 3 is 1.69 bits per heavy atom. The second-order valence-electron chi connectivity index (χ2n) is 23.5. The first-order chi connectivity index (χ1) is 35.9. The van der Waals surface area contributed by atoms with Gasteiger partial charge in [0, 0.05) is 60.4 Å². The van der Waals surface area contributed by atoms with E-state index >= 15 is 0 Å². The van der Waals surface area contributed by atoms with E-state index in [-0.39, 0.29) is 17.5 Å². The number of thiophene rings is 1. The zero-order chi connectivity index (χ0) is 51.3. The molecule has 3 nitrogen and oxygen atoms in total. The summed E-state index contributed by atoms with van der Waals surface area (Å²) >= 11 is 2.02. The van der Waals surface area contributed by atoms with Gasteiger partial charge in [0.05, 0.1) is 5.69 Å². The van der Waals surface area contributed by atoms with Crippen LogP contribution in [0, 0.1) is 0 Å². The smallest absolute Gasteiger partial charge is 0.264 e. The SMILES string of the molecule is CCCCc1ccc(N(c2ccc(CCCC)cc2)c2ccc3c(c2)N(c2ccc(CCCC)cc2)c2cccc4c2B3c2sc3ccc(C(C)CCC)cc3c2N4c2ccc3c(c2)C(C)(C)CCC3(C)C)cc1. The van der Waals surface area contributed by atoms with Crippen LogP contribution in [-0.2, 0) is 30.1 Å². The lowest BCUT2D eigenvalue weighted by molar-refractivity contribution is 0.332. The molecule has 0 saturated carbocycles. The topological polar surface area (TPSA) is 9.72 Å². The molecular weight excluding hydrogens is 914 g/mol.